The van der Waals surface area contributed by atoms with Crippen molar-refractivity contribution in [3.63, 3.8) is 0 Å². The molecule has 0 radical (unpaired) electrons. The molecule has 0 saturated heterocycles. The van der Waals surface area contributed by atoms with Gasteiger partial charge in [0.05, 0.1) is 23.7 Å². The minimum Gasteiger partial charge on any atom is -0.492 e. The second kappa shape index (κ2) is 5.79. The van der Waals surface area contributed by atoms with Crippen molar-refractivity contribution in [2.45, 2.75) is 39.0 Å². The first-order chi connectivity index (χ1) is 8.74. The van der Waals surface area contributed by atoms with Gasteiger partial charge in [-0.05, 0) is 43.7 Å². The summed E-state index contributed by atoms with van der Waals surface area (Å²) in [5.41, 5.74) is 3.86. The van der Waals surface area contributed by atoms with Crippen molar-refractivity contribution >= 4 is 9.47 Å². The average Bonchev–Trinajstić information content (AvgIpc) is 2.64. The van der Waals surface area contributed by atoms with Gasteiger partial charge in [-0.3, -0.25) is 0 Å². The molecule has 1 aliphatic carbocycles. The first-order valence-corrected chi connectivity index (χ1v) is 6.84. The fourth-order valence-corrected chi connectivity index (χ4v) is 3.10. The Balaban J connectivity index is 2.69. The Morgan fingerprint density at radius 2 is 1.44 bits per heavy atom. The molecule has 1 aromatic rings. The van der Waals surface area contributed by atoms with E-state index in [1.165, 1.54) is 36.0 Å². The molecule has 100 valence electrons. The van der Waals surface area contributed by atoms with Crippen molar-refractivity contribution in [3.8, 4) is 17.2 Å². The largest absolute Gasteiger partial charge is 0.492 e. The molecule has 0 saturated carbocycles. The summed E-state index contributed by atoms with van der Waals surface area (Å²) in [5, 5.41) is 0. The molecule has 2 rings (SSSR count). The number of hydrogen-bond donors (Lipinski definition) is 0. The van der Waals surface area contributed by atoms with Crippen molar-refractivity contribution in [1.29, 1.82) is 0 Å². The van der Waals surface area contributed by atoms with Crippen LogP contribution in [-0.2, 0) is 12.8 Å². The summed E-state index contributed by atoms with van der Waals surface area (Å²) in [6, 6.07) is 0. The number of ether oxygens (including phenoxy) is 2. The zero-order chi connectivity index (χ0) is 13.1. The summed E-state index contributed by atoms with van der Waals surface area (Å²) in [7, 11) is 5.67. The van der Waals surface area contributed by atoms with Gasteiger partial charge in [0.15, 0.2) is 11.5 Å². The predicted octanol–water partition coefficient (Wildman–Crippen LogP) is 3.45. The Morgan fingerprint density at radius 3 is 2.00 bits per heavy atom. The van der Waals surface area contributed by atoms with Gasteiger partial charge in [-0.2, -0.15) is 0 Å². The van der Waals surface area contributed by atoms with Crippen LogP contribution in [0.4, 0.5) is 0 Å². The zero-order valence-electron chi connectivity index (χ0n) is 11.3. The summed E-state index contributed by atoms with van der Waals surface area (Å²) < 4.78 is 16.5. The molecule has 0 fully saturated rings. The van der Waals surface area contributed by atoms with Crippen LogP contribution in [0.3, 0.4) is 0 Å². The molecule has 0 aliphatic heterocycles. The number of benzene rings is 1. The van der Waals surface area contributed by atoms with Gasteiger partial charge in [0.25, 0.3) is 0 Å². The lowest BCUT2D eigenvalue weighted by molar-refractivity contribution is 0.342. The molecular formula is C14H21O3P. The molecule has 0 heterocycles. The Labute approximate surface area is 111 Å². The number of rotatable bonds is 3. The fourth-order valence-electron chi connectivity index (χ4n) is 2.85. The molecule has 4 heteroatoms. The molecule has 0 N–H and O–H groups in total. The highest BCUT2D eigenvalue weighted by atomic mass is 31.0. The first-order valence-electron chi connectivity index (χ1n) is 6.37. The number of hydrogen-bond acceptors (Lipinski definition) is 3. The summed E-state index contributed by atoms with van der Waals surface area (Å²) in [6.07, 6.45) is 5.88. The number of methoxy groups -OCH3 is 2. The van der Waals surface area contributed by atoms with Gasteiger partial charge in [-0.15, -0.1) is 0 Å². The maximum Gasteiger partial charge on any atom is 0.204 e. The van der Waals surface area contributed by atoms with Crippen molar-refractivity contribution < 1.29 is 14.0 Å². The van der Waals surface area contributed by atoms with Gasteiger partial charge in [0.1, 0.15) is 0 Å². The van der Waals surface area contributed by atoms with Crippen LogP contribution in [0.25, 0.3) is 0 Å². The van der Waals surface area contributed by atoms with Crippen LogP contribution in [-0.4, -0.2) is 14.2 Å². The Hall–Kier alpha value is -0.950. The molecular weight excluding hydrogens is 247 g/mol. The minimum atomic E-state index is 0.714. The molecule has 1 aliphatic rings. The van der Waals surface area contributed by atoms with Crippen LogP contribution >= 0.6 is 9.47 Å². The van der Waals surface area contributed by atoms with Crippen LogP contribution in [0.15, 0.2) is 0 Å². The SMILES string of the molecule is COc1c(C)c2c(c(OP)c1OC)CCCCC2. The third kappa shape index (κ3) is 2.16. The highest BCUT2D eigenvalue weighted by molar-refractivity contribution is 7.10. The van der Waals surface area contributed by atoms with Crippen LogP contribution in [0, 0.1) is 6.92 Å². The van der Waals surface area contributed by atoms with Crippen molar-refractivity contribution in [2.75, 3.05) is 14.2 Å². The van der Waals surface area contributed by atoms with Gasteiger partial charge in [0, 0.05) is 5.56 Å². The van der Waals surface area contributed by atoms with E-state index in [1.54, 1.807) is 14.2 Å². The average molecular weight is 268 g/mol. The molecule has 0 bridgehead atoms. The molecule has 18 heavy (non-hydrogen) atoms. The maximum atomic E-state index is 5.50. The molecule has 0 spiro atoms. The van der Waals surface area contributed by atoms with Crippen LogP contribution < -0.4 is 14.0 Å². The molecule has 0 aromatic heterocycles. The summed E-state index contributed by atoms with van der Waals surface area (Å²) >= 11 is 0. The fraction of sp³-hybridized carbons (Fsp3) is 0.571. The highest BCUT2D eigenvalue weighted by Gasteiger charge is 2.24. The lowest BCUT2D eigenvalue weighted by Gasteiger charge is -2.21. The van der Waals surface area contributed by atoms with Crippen molar-refractivity contribution in [1.82, 2.24) is 0 Å². The Kier molecular flexibility index (Phi) is 4.34. The van der Waals surface area contributed by atoms with Gasteiger partial charge < -0.3 is 14.0 Å². The third-order valence-electron chi connectivity index (χ3n) is 3.72. The van der Waals surface area contributed by atoms with E-state index in [2.05, 4.69) is 16.4 Å². The maximum absolute atomic E-state index is 5.50. The van der Waals surface area contributed by atoms with E-state index < -0.39 is 0 Å². The monoisotopic (exact) mass is 268 g/mol. The number of fused-ring (bicyclic) bond motifs is 1. The second-order valence-electron chi connectivity index (χ2n) is 4.66. The molecule has 1 unspecified atom stereocenters. The van der Waals surface area contributed by atoms with Gasteiger partial charge in [0.2, 0.25) is 5.75 Å². The predicted molar refractivity (Wildman–Crippen MR) is 75.9 cm³/mol. The van der Waals surface area contributed by atoms with Gasteiger partial charge in [-0.25, -0.2) is 0 Å². The lowest BCUT2D eigenvalue weighted by Crippen LogP contribution is -2.04. The van der Waals surface area contributed by atoms with Crippen LogP contribution in [0.2, 0.25) is 0 Å². The molecule has 0 amide bonds. The van der Waals surface area contributed by atoms with E-state index in [-0.39, 0.29) is 0 Å². The Bertz CT molecular complexity index is 443. The van der Waals surface area contributed by atoms with E-state index in [9.17, 15) is 0 Å². The summed E-state index contributed by atoms with van der Waals surface area (Å²) in [5.74, 6) is 2.34. The standard InChI is InChI=1S/C14H21O3P/c1-9-10-7-5-4-6-8-11(10)13(17-18)14(16-3)12(9)15-2/h4-8,18H2,1-3H3. The normalized spacial score (nSPS) is 14.7. The quantitative estimate of drug-likeness (QED) is 0.620. The lowest BCUT2D eigenvalue weighted by atomic mass is 9.95. The van der Waals surface area contributed by atoms with Crippen molar-refractivity contribution in [2.24, 2.45) is 0 Å². The zero-order valence-corrected chi connectivity index (χ0v) is 12.5. The molecule has 1 aromatic carbocycles. The van der Waals surface area contributed by atoms with E-state index in [0.29, 0.717) is 5.75 Å². The van der Waals surface area contributed by atoms with E-state index in [0.717, 1.165) is 24.3 Å². The third-order valence-corrected chi connectivity index (χ3v) is 3.96. The van der Waals surface area contributed by atoms with E-state index in [4.69, 9.17) is 14.0 Å². The topological polar surface area (TPSA) is 27.7 Å². The smallest absolute Gasteiger partial charge is 0.204 e. The van der Waals surface area contributed by atoms with E-state index >= 15 is 0 Å². The molecule has 3 nitrogen and oxygen atoms in total. The summed E-state index contributed by atoms with van der Waals surface area (Å²) in [4.78, 5) is 0. The van der Waals surface area contributed by atoms with Gasteiger partial charge in [-0.1, -0.05) is 6.42 Å². The van der Waals surface area contributed by atoms with E-state index in [1.807, 2.05) is 0 Å². The minimum absolute atomic E-state index is 0.714. The van der Waals surface area contributed by atoms with Crippen molar-refractivity contribution in [3.05, 3.63) is 16.7 Å². The first kappa shape index (κ1) is 13.5. The van der Waals surface area contributed by atoms with Crippen LogP contribution in [0.1, 0.15) is 36.0 Å². The van der Waals surface area contributed by atoms with Gasteiger partial charge >= 0.3 is 0 Å². The summed E-state index contributed by atoms with van der Waals surface area (Å²) in [6.45, 7) is 2.11. The second-order valence-corrected chi connectivity index (χ2v) is 4.89. The van der Waals surface area contributed by atoms with Crippen LogP contribution in [0.5, 0.6) is 17.2 Å². The Morgan fingerprint density at radius 1 is 0.833 bits per heavy atom. The molecule has 1 atom stereocenters. The highest BCUT2D eigenvalue weighted by Crippen LogP contribution is 2.47.